The number of benzene rings is 1. The molecular formula is C16H13F2N5S2. The van der Waals surface area contributed by atoms with Gasteiger partial charge >= 0.3 is 0 Å². The van der Waals surface area contributed by atoms with E-state index < -0.39 is 11.6 Å². The van der Waals surface area contributed by atoms with Crippen molar-refractivity contribution >= 4 is 33.8 Å². The highest BCUT2D eigenvalue weighted by Gasteiger charge is 2.13. The molecule has 2 aromatic heterocycles. The molecule has 0 spiro atoms. The molecule has 128 valence electrons. The van der Waals surface area contributed by atoms with Gasteiger partial charge in [-0.05, 0) is 18.6 Å². The van der Waals surface area contributed by atoms with Gasteiger partial charge in [0, 0.05) is 35.5 Å². The van der Waals surface area contributed by atoms with E-state index in [-0.39, 0.29) is 0 Å². The first kappa shape index (κ1) is 16.1. The van der Waals surface area contributed by atoms with Crippen LogP contribution in [-0.4, -0.2) is 29.0 Å². The van der Waals surface area contributed by atoms with E-state index in [1.807, 2.05) is 10.8 Å². The Morgan fingerprint density at radius 3 is 2.52 bits per heavy atom. The van der Waals surface area contributed by atoms with Crippen LogP contribution in [0.5, 0.6) is 0 Å². The van der Waals surface area contributed by atoms with Crippen LogP contribution in [0.4, 0.5) is 13.9 Å². The maximum Gasteiger partial charge on any atom is 0.197 e. The Bertz CT molecular complexity index is 914. The van der Waals surface area contributed by atoms with E-state index in [9.17, 15) is 8.78 Å². The van der Waals surface area contributed by atoms with Gasteiger partial charge in [-0.1, -0.05) is 0 Å². The number of aliphatic imine (C=N–C) groups is 1. The quantitative estimate of drug-likeness (QED) is 0.725. The number of nitrogens with one attached hydrogen (secondary N) is 2. The third kappa shape index (κ3) is 3.67. The third-order valence-electron chi connectivity index (χ3n) is 3.50. The predicted octanol–water partition coefficient (Wildman–Crippen LogP) is 3.97. The van der Waals surface area contributed by atoms with Crippen LogP contribution < -0.4 is 10.6 Å². The van der Waals surface area contributed by atoms with Crippen molar-refractivity contribution in [2.75, 3.05) is 18.4 Å². The summed E-state index contributed by atoms with van der Waals surface area (Å²) in [6.45, 7) is 1.69. The van der Waals surface area contributed by atoms with Crippen LogP contribution >= 0.6 is 22.7 Å². The molecule has 1 aromatic carbocycles. The molecule has 0 unspecified atom stereocenters. The summed E-state index contributed by atoms with van der Waals surface area (Å²) in [5.41, 5.74) is 1.80. The second kappa shape index (κ2) is 6.85. The number of hydrogen-bond donors (Lipinski definition) is 2. The van der Waals surface area contributed by atoms with Crippen LogP contribution in [0.15, 0.2) is 34.0 Å². The molecule has 3 heterocycles. The second-order valence-corrected chi connectivity index (χ2v) is 7.09. The minimum absolute atomic E-state index is 0.420. The lowest BCUT2D eigenvalue weighted by atomic mass is 10.2. The average Bonchev–Trinajstić information content (AvgIpc) is 3.24. The van der Waals surface area contributed by atoms with Crippen molar-refractivity contribution in [2.45, 2.75) is 6.42 Å². The molecule has 0 aliphatic carbocycles. The highest BCUT2D eigenvalue weighted by atomic mass is 32.1. The summed E-state index contributed by atoms with van der Waals surface area (Å²) in [5.74, 6) is -0.512. The van der Waals surface area contributed by atoms with E-state index in [1.54, 1.807) is 0 Å². The molecule has 0 fully saturated rings. The number of nitrogens with zero attached hydrogens (tertiary/aromatic N) is 3. The molecule has 5 nitrogen and oxygen atoms in total. The number of hydrogen-bond acceptors (Lipinski definition) is 7. The number of aromatic nitrogens is 2. The monoisotopic (exact) mass is 377 g/mol. The molecular weight excluding hydrogens is 364 g/mol. The van der Waals surface area contributed by atoms with Gasteiger partial charge in [-0.25, -0.2) is 18.7 Å². The van der Waals surface area contributed by atoms with Gasteiger partial charge in [0.25, 0.3) is 0 Å². The summed E-state index contributed by atoms with van der Waals surface area (Å²) in [7, 11) is 0. The predicted molar refractivity (Wildman–Crippen MR) is 97.1 cm³/mol. The molecule has 0 saturated heterocycles. The number of anilines is 1. The zero-order valence-corrected chi connectivity index (χ0v) is 14.6. The van der Waals surface area contributed by atoms with Crippen molar-refractivity contribution in [3.8, 4) is 22.0 Å². The van der Waals surface area contributed by atoms with Gasteiger partial charge in [-0.3, -0.25) is 4.99 Å². The van der Waals surface area contributed by atoms with Crippen LogP contribution in [0.25, 0.3) is 22.0 Å². The number of rotatable bonds is 3. The second-order valence-electron chi connectivity index (χ2n) is 5.37. The van der Waals surface area contributed by atoms with E-state index in [2.05, 4.69) is 25.6 Å². The number of halogens is 2. The number of thiazole rings is 2. The summed E-state index contributed by atoms with van der Waals surface area (Å²) in [6, 6.07) is 3.39. The fourth-order valence-electron chi connectivity index (χ4n) is 2.37. The molecule has 2 N–H and O–H groups in total. The molecule has 9 heteroatoms. The van der Waals surface area contributed by atoms with Crippen molar-refractivity contribution in [1.82, 2.24) is 15.3 Å². The molecule has 0 radical (unpaired) electrons. The normalized spacial score (nSPS) is 14.1. The summed E-state index contributed by atoms with van der Waals surface area (Å²) < 4.78 is 26.7. The van der Waals surface area contributed by atoms with E-state index in [4.69, 9.17) is 0 Å². The van der Waals surface area contributed by atoms with Crippen LogP contribution in [0, 0.1) is 11.6 Å². The van der Waals surface area contributed by atoms with Crippen LogP contribution in [0.2, 0.25) is 0 Å². The van der Waals surface area contributed by atoms with E-state index in [0.29, 0.717) is 22.0 Å². The summed E-state index contributed by atoms with van der Waals surface area (Å²) >= 11 is 2.77. The van der Waals surface area contributed by atoms with Gasteiger partial charge in [0.2, 0.25) is 0 Å². The first-order valence-corrected chi connectivity index (χ1v) is 9.36. The van der Waals surface area contributed by atoms with Gasteiger partial charge in [0.1, 0.15) is 28.0 Å². The lowest BCUT2D eigenvalue weighted by molar-refractivity contribution is 0.584. The highest BCUT2D eigenvalue weighted by Crippen LogP contribution is 2.31. The topological polar surface area (TPSA) is 62.2 Å². The molecule has 0 atom stereocenters. The molecule has 4 rings (SSSR count). The first-order chi connectivity index (χ1) is 12.2. The SMILES string of the molecule is Fc1cc(F)cc(-c2nc(-c3csc(NC4=NCCCN4)n3)cs2)c1. The van der Waals surface area contributed by atoms with E-state index in [0.717, 1.165) is 36.7 Å². The van der Waals surface area contributed by atoms with Crippen molar-refractivity contribution < 1.29 is 8.78 Å². The summed E-state index contributed by atoms with van der Waals surface area (Å²) in [5, 5.41) is 11.3. The van der Waals surface area contributed by atoms with E-state index in [1.165, 1.54) is 34.8 Å². The van der Waals surface area contributed by atoms with Crippen molar-refractivity contribution in [2.24, 2.45) is 4.99 Å². The zero-order chi connectivity index (χ0) is 17.2. The molecule has 0 amide bonds. The lowest BCUT2D eigenvalue weighted by Crippen LogP contribution is -2.35. The molecule has 25 heavy (non-hydrogen) atoms. The summed E-state index contributed by atoms with van der Waals surface area (Å²) in [6.07, 6.45) is 1.02. The Morgan fingerprint density at radius 2 is 1.76 bits per heavy atom. The summed E-state index contributed by atoms with van der Waals surface area (Å²) in [4.78, 5) is 13.3. The van der Waals surface area contributed by atoms with Crippen molar-refractivity contribution in [1.29, 1.82) is 0 Å². The smallest absolute Gasteiger partial charge is 0.197 e. The maximum absolute atomic E-state index is 13.4. The van der Waals surface area contributed by atoms with Gasteiger partial charge in [0.05, 0.1) is 0 Å². The Balaban J connectivity index is 1.55. The zero-order valence-electron chi connectivity index (χ0n) is 12.9. The lowest BCUT2D eigenvalue weighted by Gasteiger charge is -2.13. The van der Waals surface area contributed by atoms with Gasteiger partial charge < -0.3 is 10.6 Å². The fraction of sp³-hybridized carbons (Fsp3) is 0.188. The molecule has 0 bridgehead atoms. The Hall–Kier alpha value is -2.39. The van der Waals surface area contributed by atoms with Gasteiger partial charge in [-0.15, -0.1) is 22.7 Å². The molecule has 1 aliphatic heterocycles. The molecule has 3 aromatic rings. The first-order valence-electron chi connectivity index (χ1n) is 7.60. The Kier molecular flexibility index (Phi) is 4.41. The van der Waals surface area contributed by atoms with Crippen molar-refractivity contribution in [3.05, 3.63) is 40.6 Å². The Morgan fingerprint density at radius 1 is 1.00 bits per heavy atom. The van der Waals surface area contributed by atoms with E-state index >= 15 is 0 Å². The fourth-order valence-corrected chi connectivity index (χ4v) is 3.87. The van der Waals surface area contributed by atoms with Crippen LogP contribution in [-0.2, 0) is 0 Å². The highest BCUT2D eigenvalue weighted by molar-refractivity contribution is 7.14. The van der Waals surface area contributed by atoms with Gasteiger partial charge in [-0.2, -0.15) is 0 Å². The maximum atomic E-state index is 13.4. The standard InChI is InChI=1S/C16H13F2N5S2/c17-10-4-9(5-11(18)6-10)14-21-12(7-24-14)13-8-25-16(22-13)23-15-19-2-1-3-20-15/h4-8H,1-3H2,(H2,19,20,22,23). The Labute approximate surface area is 150 Å². The molecule has 0 saturated carbocycles. The largest absolute Gasteiger partial charge is 0.356 e. The van der Waals surface area contributed by atoms with Crippen LogP contribution in [0.1, 0.15) is 6.42 Å². The van der Waals surface area contributed by atoms with Gasteiger partial charge in [0.15, 0.2) is 11.1 Å². The average molecular weight is 377 g/mol. The van der Waals surface area contributed by atoms with Crippen molar-refractivity contribution in [3.63, 3.8) is 0 Å². The third-order valence-corrected chi connectivity index (χ3v) is 5.15. The van der Waals surface area contributed by atoms with Crippen LogP contribution in [0.3, 0.4) is 0 Å². The minimum Gasteiger partial charge on any atom is -0.356 e. The number of guanidine groups is 1. The molecule has 1 aliphatic rings. The minimum atomic E-state index is -0.618.